The van der Waals surface area contributed by atoms with Gasteiger partial charge in [0.15, 0.2) is 9.34 Å². The maximum Gasteiger partial charge on any atom is 0.326 e. The SMILES string of the molecule is CC(=O)Nc1nc(C)c(S(=O)(=O)N2Cc3cc4c(cc3C[C@H]2C(=O)N[C@@H](Cc2ccc(-c3ccc(C#N)cc3)cc2)C(=O)O)N(C)C(=O)C(c2ccc(OCc3ccc(Cl)c(Cl)c3)cc2)O4)s1. The average Bonchev–Trinajstić information content (AvgIpc) is 3.69. The Hall–Kier alpha value is -6.81. The highest BCUT2D eigenvalue weighted by Crippen LogP contribution is 2.43. The van der Waals surface area contributed by atoms with Gasteiger partial charge in [-0.1, -0.05) is 89.1 Å². The van der Waals surface area contributed by atoms with Crippen LogP contribution in [0.3, 0.4) is 0 Å². The van der Waals surface area contributed by atoms with E-state index in [2.05, 4.69) is 21.7 Å². The number of thiazole rings is 1. The molecule has 3 atom stereocenters. The van der Waals surface area contributed by atoms with Gasteiger partial charge in [-0.05, 0) is 95.3 Å². The van der Waals surface area contributed by atoms with Crippen molar-refractivity contribution in [1.29, 1.82) is 5.26 Å². The molecule has 0 spiro atoms. The molecule has 0 radical (unpaired) electrons. The summed E-state index contributed by atoms with van der Waals surface area (Å²) >= 11 is 12.9. The van der Waals surface area contributed by atoms with Gasteiger partial charge in [-0.3, -0.25) is 14.4 Å². The summed E-state index contributed by atoms with van der Waals surface area (Å²) in [7, 11) is -2.95. The zero-order valence-electron chi connectivity index (χ0n) is 35.9. The molecule has 2 aliphatic heterocycles. The number of ether oxygens (including phenoxy) is 2. The number of benzene rings is 5. The highest BCUT2D eigenvalue weighted by molar-refractivity contribution is 7.91. The van der Waals surface area contributed by atoms with E-state index in [0.29, 0.717) is 55.0 Å². The molecule has 0 saturated carbocycles. The van der Waals surface area contributed by atoms with Gasteiger partial charge < -0.3 is 30.1 Å². The van der Waals surface area contributed by atoms with Crippen molar-refractivity contribution in [1.82, 2.24) is 14.6 Å². The van der Waals surface area contributed by atoms with Crippen LogP contribution in [0.1, 0.15) is 52.1 Å². The van der Waals surface area contributed by atoms with E-state index in [9.17, 15) is 32.7 Å². The first-order valence-corrected chi connectivity index (χ1v) is 23.7. The van der Waals surface area contributed by atoms with Crippen molar-refractivity contribution >= 4 is 79.1 Å². The number of likely N-dealkylation sites (N-methyl/N-ethyl adjacent to an activating group) is 1. The normalized spacial score (nSPS) is 16.2. The summed E-state index contributed by atoms with van der Waals surface area (Å²) in [4.78, 5) is 58.5. The zero-order valence-corrected chi connectivity index (χ0v) is 39.1. The van der Waals surface area contributed by atoms with E-state index in [4.69, 9.17) is 37.9 Å². The molecule has 67 heavy (non-hydrogen) atoms. The number of carboxylic acids is 1. The molecular weight excluding hydrogens is 940 g/mol. The van der Waals surface area contributed by atoms with Gasteiger partial charge in [0.05, 0.1) is 33.1 Å². The molecule has 342 valence electrons. The summed E-state index contributed by atoms with van der Waals surface area (Å²) in [5, 5.41) is 25.5. The van der Waals surface area contributed by atoms with Gasteiger partial charge in [0.1, 0.15) is 30.2 Å². The number of aromatic nitrogens is 1. The second-order valence-corrected chi connectivity index (χ2v) is 19.8. The van der Waals surface area contributed by atoms with Crippen molar-refractivity contribution < 1.29 is 42.2 Å². The summed E-state index contributed by atoms with van der Waals surface area (Å²) in [5.41, 5.74) is 5.65. The molecule has 0 aliphatic carbocycles. The minimum Gasteiger partial charge on any atom is -0.489 e. The second-order valence-electron chi connectivity index (χ2n) is 15.9. The topological polar surface area (TPSA) is 208 Å². The predicted molar refractivity (Wildman–Crippen MR) is 252 cm³/mol. The molecule has 15 nitrogen and oxygen atoms in total. The van der Waals surface area contributed by atoms with E-state index in [1.807, 2.05) is 0 Å². The van der Waals surface area contributed by atoms with Crippen molar-refractivity contribution in [2.24, 2.45) is 0 Å². The Morgan fingerprint density at radius 2 is 1.63 bits per heavy atom. The van der Waals surface area contributed by atoms with Gasteiger partial charge in [-0.2, -0.15) is 9.57 Å². The Labute approximate surface area is 399 Å². The first-order valence-electron chi connectivity index (χ1n) is 20.6. The number of amides is 3. The van der Waals surface area contributed by atoms with Gasteiger partial charge in [0, 0.05) is 32.5 Å². The molecule has 8 rings (SSSR count). The lowest BCUT2D eigenvalue weighted by molar-refractivity contribution is -0.142. The molecular formula is C48H40Cl2N6O9S2. The smallest absolute Gasteiger partial charge is 0.326 e. The van der Waals surface area contributed by atoms with E-state index >= 15 is 0 Å². The lowest BCUT2D eigenvalue weighted by atomic mass is 9.93. The van der Waals surface area contributed by atoms with Crippen LogP contribution in [0.5, 0.6) is 11.5 Å². The fourth-order valence-corrected chi connectivity index (χ4v) is 11.3. The fraction of sp³-hybridized carbons (Fsp3) is 0.208. The summed E-state index contributed by atoms with van der Waals surface area (Å²) in [5.74, 6) is -2.20. The molecule has 19 heteroatoms. The second kappa shape index (κ2) is 19.2. The van der Waals surface area contributed by atoms with Crippen LogP contribution in [0, 0.1) is 18.3 Å². The molecule has 0 fully saturated rings. The third-order valence-electron chi connectivity index (χ3n) is 11.3. The first-order chi connectivity index (χ1) is 32.0. The number of anilines is 2. The van der Waals surface area contributed by atoms with Crippen molar-refractivity contribution in [3.8, 4) is 28.7 Å². The minimum atomic E-state index is -4.54. The molecule has 5 aromatic carbocycles. The largest absolute Gasteiger partial charge is 0.489 e. The van der Waals surface area contributed by atoms with E-state index in [1.54, 1.807) is 110 Å². The van der Waals surface area contributed by atoms with E-state index < -0.39 is 46.0 Å². The van der Waals surface area contributed by atoms with Gasteiger partial charge in [0.25, 0.3) is 15.9 Å². The predicted octanol–water partition coefficient (Wildman–Crippen LogP) is 7.86. The van der Waals surface area contributed by atoms with Crippen LogP contribution in [-0.2, 0) is 55.2 Å². The Morgan fingerprint density at radius 1 is 0.955 bits per heavy atom. The average molecular weight is 980 g/mol. The van der Waals surface area contributed by atoms with Crippen LogP contribution in [0.15, 0.2) is 107 Å². The van der Waals surface area contributed by atoms with Gasteiger partial charge in [0.2, 0.25) is 17.9 Å². The number of nitrogens with one attached hydrogen (secondary N) is 2. The number of aliphatic carboxylic acids is 1. The van der Waals surface area contributed by atoms with E-state index in [0.717, 1.165) is 32.3 Å². The van der Waals surface area contributed by atoms with Crippen LogP contribution < -0.4 is 25.0 Å². The summed E-state index contributed by atoms with van der Waals surface area (Å²) < 4.78 is 42.5. The number of nitrogens with zero attached hydrogens (tertiary/aromatic N) is 4. The number of sulfonamides is 1. The van der Waals surface area contributed by atoms with Crippen molar-refractivity contribution in [3.05, 3.63) is 152 Å². The van der Waals surface area contributed by atoms with Crippen molar-refractivity contribution in [2.75, 3.05) is 17.3 Å². The highest BCUT2D eigenvalue weighted by Gasteiger charge is 2.44. The lowest BCUT2D eigenvalue weighted by Crippen LogP contribution is -2.55. The Bertz CT molecular complexity index is 3090. The third-order valence-corrected chi connectivity index (χ3v) is 15.6. The zero-order chi connectivity index (χ0) is 47.7. The van der Waals surface area contributed by atoms with Crippen LogP contribution >= 0.6 is 34.5 Å². The molecule has 0 saturated heterocycles. The number of nitriles is 1. The number of carbonyl (C=O) groups is 4. The minimum absolute atomic E-state index is 0.0467. The maximum atomic E-state index is 14.7. The van der Waals surface area contributed by atoms with Crippen LogP contribution in [0.2, 0.25) is 10.0 Å². The number of fused-ring (bicyclic) bond motifs is 2. The van der Waals surface area contributed by atoms with Crippen molar-refractivity contribution in [3.63, 3.8) is 0 Å². The molecule has 3 N–H and O–H groups in total. The third kappa shape index (κ3) is 9.99. The number of carbonyl (C=O) groups excluding carboxylic acids is 3. The van der Waals surface area contributed by atoms with Crippen LogP contribution in [-0.4, -0.2) is 65.6 Å². The lowest BCUT2D eigenvalue weighted by Gasteiger charge is -2.38. The van der Waals surface area contributed by atoms with E-state index in [1.165, 1.54) is 18.7 Å². The number of rotatable bonds is 13. The first kappa shape index (κ1) is 46.7. The monoisotopic (exact) mass is 978 g/mol. The Morgan fingerprint density at radius 3 is 2.27 bits per heavy atom. The number of carboxylic acid groups (broad SMARTS) is 1. The maximum absolute atomic E-state index is 14.7. The van der Waals surface area contributed by atoms with Gasteiger partial charge in [-0.15, -0.1) is 0 Å². The number of aryl methyl sites for hydroxylation is 1. The van der Waals surface area contributed by atoms with Gasteiger partial charge >= 0.3 is 5.97 Å². The Balaban J connectivity index is 1.06. The van der Waals surface area contributed by atoms with Gasteiger partial charge in [-0.25, -0.2) is 18.2 Å². The standard InChI is InChI=1S/C48H40Cl2N6O9S2/c1-26-47(66-48(52-26)53-27(2)57)67(62,63)56-24-35-22-42-40(55(3)45(59)43(65-42)33-13-15-36(16-14-33)64-25-30-8-17-37(49)38(50)18-30)20-34(35)21-41(56)44(58)54-39(46(60)61)19-28-4-9-31(10-5-28)32-11-6-29(23-51)7-12-32/h4-18,20,22,39,41,43H,19,21,24-25H2,1-3H3,(H,54,58)(H,60,61)(H,52,53,57)/t39-,41-,43?/m0/s1. The highest BCUT2D eigenvalue weighted by atomic mass is 35.5. The molecule has 6 aromatic rings. The number of hydrogen-bond acceptors (Lipinski definition) is 11. The molecule has 3 heterocycles. The fourth-order valence-electron chi connectivity index (χ4n) is 7.84. The molecule has 1 unspecified atom stereocenters. The van der Waals surface area contributed by atoms with Crippen molar-refractivity contribution in [2.45, 2.75) is 62.2 Å². The van der Waals surface area contributed by atoms with E-state index in [-0.39, 0.29) is 46.9 Å². The summed E-state index contributed by atoms with van der Waals surface area (Å²) in [6, 6.07) is 28.6. The number of halogens is 2. The molecule has 0 bridgehead atoms. The summed E-state index contributed by atoms with van der Waals surface area (Å²) in [6.45, 7) is 2.63. The summed E-state index contributed by atoms with van der Waals surface area (Å²) in [6.07, 6.45) is -1.37. The molecule has 2 aliphatic rings. The van der Waals surface area contributed by atoms with Crippen LogP contribution in [0.25, 0.3) is 11.1 Å². The Kier molecular flexibility index (Phi) is 13.4. The molecule has 3 amide bonds. The quantitative estimate of drug-likeness (QED) is 0.102. The van der Waals surface area contributed by atoms with Crippen LogP contribution in [0.4, 0.5) is 10.8 Å². The number of hydrogen-bond donors (Lipinski definition) is 3. The molecule has 1 aromatic heterocycles.